The predicted molar refractivity (Wildman–Crippen MR) is 102 cm³/mol. The maximum Gasteiger partial charge on any atom is 0.334 e. The molecule has 2 saturated heterocycles. The quantitative estimate of drug-likeness (QED) is 0.285. The van der Waals surface area contributed by atoms with Crippen molar-refractivity contribution in [3.63, 3.8) is 0 Å². The van der Waals surface area contributed by atoms with Crippen LogP contribution in [-0.4, -0.2) is 87.1 Å². The lowest BCUT2D eigenvalue weighted by atomic mass is 9.52. The summed E-state index contributed by atoms with van der Waals surface area (Å²) < 4.78 is 17.3. The van der Waals surface area contributed by atoms with Crippen molar-refractivity contribution in [1.82, 2.24) is 0 Å². The van der Waals surface area contributed by atoms with Crippen molar-refractivity contribution in [3.05, 3.63) is 12.2 Å². The number of aliphatic hydroxyl groups is 5. The van der Waals surface area contributed by atoms with E-state index < -0.39 is 67.0 Å². The van der Waals surface area contributed by atoms with Gasteiger partial charge in [0.2, 0.25) is 0 Å². The van der Waals surface area contributed by atoms with Crippen molar-refractivity contribution >= 4 is 5.97 Å². The number of hydrogen-bond donors (Lipinski definition) is 5. The Hall–Kier alpha value is -1.07. The van der Waals surface area contributed by atoms with Crippen LogP contribution in [0.25, 0.3) is 0 Å². The van der Waals surface area contributed by atoms with Gasteiger partial charge in [-0.15, -0.1) is 0 Å². The highest BCUT2D eigenvalue weighted by Crippen LogP contribution is 2.58. The Balaban J connectivity index is 1.60. The van der Waals surface area contributed by atoms with E-state index in [4.69, 9.17) is 14.2 Å². The third kappa shape index (κ3) is 3.23. The number of aliphatic hydroxyl groups excluding tert-OH is 5. The Kier molecular flexibility index (Phi) is 5.76. The fraction of sp³-hybridized carbons (Fsp3) is 0.857. The highest BCUT2D eigenvalue weighted by atomic mass is 16.7. The molecule has 9 heteroatoms. The van der Waals surface area contributed by atoms with Crippen LogP contribution in [-0.2, 0) is 19.0 Å². The molecule has 0 aromatic rings. The summed E-state index contributed by atoms with van der Waals surface area (Å²) in [6.07, 6.45) is -6.84. The Morgan fingerprint density at radius 2 is 1.90 bits per heavy atom. The second kappa shape index (κ2) is 7.81. The minimum absolute atomic E-state index is 0.0868. The predicted octanol–water partition coefficient (Wildman–Crippen LogP) is -0.914. The average Bonchev–Trinajstić information content (AvgIpc) is 2.99. The summed E-state index contributed by atoms with van der Waals surface area (Å²) in [7, 11) is 0. The summed E-state index contributed by atoms with van der Waals surface area (Å²) in [4.78, 5) is 12.1. The van der Waals surface area contributed by atoms with Gasteiger partial charge in [-0.3, -0.25) is 0 Å². The monoisotopic (exact) mass is 428 g/mol. The zero-order valence-electron chi connectivity index (χ0n) is 17.3. The van der Waals surface area contributed by atoms with Crippen molar-refractivity contribution in [1.29, 1.82) is 0 Å². The second-order valence-electron chi connectivity index (χ2n) is 9.56. The van der Waals surface area contributed by atoms with Crippen molar-refractivity contribution in [3.8, 4) is 0 Å². The lowest BCUT2D eigenvalue weighted by molar-refractivity contribution is -0.332. The van der Waals surface area contributed by atoms with E-state index in [1.807, 2.05) is 13.8 Å². The Labute approximate surface area is 175 Å². The zero-order valence-corrected chi connectivity index (χ0v) is 17.3. The molecule has 2 saturated carbocycles. The van der Waals surface area contributed by atoms with Crippen LogP contribution in [0.1, 0.15) is 33.1 Å². The van der Waals surface area contributed by atoms with E-state index in [1.54, 1.807) is 0 Å². The van der Waals surface area contributed by atoms with Crippen molar-refractivity contribution in [2.24, 2.45) is 23.2 Å². The topological polar surface area (TPSA) is 146 Å². The van der Waals surface area contributed by atoms with Crippen molar-refractivity contribution in [2.45, 2.75) is 82.1 Å². The molecule has 0 bridgehead atoms. The first-order valence-corrected chi connectivity index (χ1v) is 10.6. The molecular weight excluding hydrogens is 396 g/mol. The van der Waals surface area contributed by atoms with E-state index in [2.05, 4.69) is 6.58 Å². The molecule has 4 fully saturated rings. The second-order valence-corrected chi connectivity index (χ2v) is 9.56. The molecule has 9 nitrogen and oxygen atoms in total. The van der Waals surface area contributed by atoms with Gasteiger partial charge in [0.15, 0.2) is 6.29 Å². The standard InChI is InChI=1S/C21H32O9/c1-8-10-4-5-21(3)13(6-11(23)9(2)14(21)18(10)30-19(8)27)29-20-17(26)16(25)15(24)12(7-22)28-20/h9-18,20,22-26H,1,4-7H2,2-3H3/t9-,10+,11-,12+,13+,14+,15+,16-,17+,18-,20-,21-/m0/s1. The molecule has 170 valence electrons. The highest BCUT2D eigenvalue weighted by Gasteiger charge is 2.62. The minimum atomic E-state index is -1.54. The van der Waals surface area contributed by atoms with E-state index in [0.29, 0.717) is 18.4 Å². The van der Waals surface area contributed by atoms with Gasteiger partial charge in [0, 0.05) is 29.2 Å². The van der Waals surface area contributed by atoms with Gasteiger partial charge in [-0.25, -0.2) is 4.79 Å². The number of carbonyl (C=O) groups excluding carboxylic acids is 1. The fourth-order valence-corrected chi connectivity index (χ4v) is 6.07. The summed E-state index contributed by atoms with van der Waals surface area (Å²) in [5.41, 5.74) is -0.00973. The number of carbonyl (C=O) groups is 1. The molecule has 0 amide bonds. The largest absolute Gasteiger partial charge is 0.458 e. The van der Waals surface area contributed by atoms with E-state index in [0.717, 1.165) is 0 Å². The first-order chi connectivity index (χ1) is 14.1. The van der Waals surface area contributed by atoms with E-state index in [9.17, 15) is 30.3 Å². The maximum absolute atomic E-state index is 12.1. The molecule has 0 spiro atoms. The Bertz CT molecular complexity index is 696. The third-order valence-electron chi connectivity index (χ3n) is 7.97. The van der Waals surface area contributed by atoms with Gasteiger partial charge >= 0.3 is 5.97 Å². The number of hydrogen-bond acceptors (Lipinski definition) is 9. The van der Waals surface area contributed by atoms with Gasteiger partial charge in [-0.2, -0.15) is 0 Å². The van der Waals surface area contributed by atoms with Crippen LogP contribution >= 0.6 is 0 Å². The Morgan fingerprint density at radius 1 is 1.20 bits per heavy atom. The summed E-state index contributed by atoms with van der Waals surface area (Å²) in [6, 6.07) is 0. The van der Waals surface area contributed by atoms with Gasteiger partial charge < -0.3 is 39.7 Å². The SMILES string of the molecule is C=C1C(=O)O[C@@H]2[C@H]3[C@@H](C)[C@@H](O)C[C@@H](O[C@@H]4O[C@H](CO)[C@@H](O)[C@H](O)[C@H]4O)[C@]3(C)CC[C@H]12. The van der Waals surface area contributed by atoms with Crippen molar-refractivity contribution in [2.75, 3.05) is 6.61 Å². The van der Waals surface area contributed by atoms with E-state index in [-0.39, 0.29) is 24.2 Å². The van der Waals surface area contributed by atoms with Crippen molar-refractivity contribution < 1.29 is 44.5 Å². The van der Waals surface area contributed by atoms with Crippen LogP contribution in [0.3, 0.4) is 0 Å². The third-order valence-corrected chi connectivity index (χ3v) is 7.97. The summed E-state index contributed by atoms with van der Waals surface area (Å²) in [6.45, 7) is 7.31. The van der Waals surface area contributed by atoms with Gasteiger partial charge in [-0.1, -0.05) is 20.4 Å². The van der Waals surface area contributed by atoms with Crippen LogP contribution < -0.4 is 0 Å². The van der Waals surface area contributed by atoms with Gasteiger partial charge in [0.25, 0.3) is 0 Å². The van der Waals surface area contributed by atoms with Crippen LogP contribution in [0.4, 0.5) is 0 Å². The number of fused-ring (bicyclic) bond motifs is 3. The maximum atomic E-state index is 12.1. The lowest BCUT2D eigenvalue weighted by Crippen LogP contribution is -2.63. The molecule has 4 aliphatic rings. The lowest BCUT2D eigenvalue weighted by Gasteiger charge is -2.57. The number of esters is 1. The summed E-state index contributed by atoms with van der Waals surface area (Å²) in [5, 5.41) is 50.7. The molecule has 30 heavy (non-hydrogen) atoms. The van der Waals surface area contributed by atoms with Gasteiger partial charge in [0.1, 0.15) is 30.5 Å². The molecule has 0 unspecified atom stereocenters. The molecule has 5 N–H and O–H groups in total. The number of rotatable bonds is 3. The minimum Gasteiger partial charge on any atom is -0.458 e. The molecule has 2 heterocycles. The van der Waals surface area contributed by atoms with Gasteiger partial charge in [0.05, 0.1) is 18.8 Å². The molecule has 0 aromatic carbocycles. The van der Waals surface area contributed by atoms with E-state index >= 15 is 0 Å². The zero-order chi connectivity index (χ0) is 22.0. The van der Waals surface area contributed by atoms with Crippen LogP contribution in [0.15, 0.2) is 12.2 Å². The number of ether oxygens (including phenoxy) is 3. The molecular formula is C21H32O9. The van der Waals surface area contributed by atoms with Crippen LogP contribution in [0.5, 0.6) is 0 Å². The molecule has 0 radical (unpaired) electrons. The summed E-state index contributed by atoms with van der Waals surface area (Å²) in [5.74, 6) is -0.807. The summed E-state index contributed by atoms with van der Waals surface area (Å²) >= 11 is 0. The highest BCUT2D eigenvalue weighted by molar-refractivity contribution is 5.90. The first-order valence-electron chi connectivity index (χ1n) is 10.6. The molecule has 12 atom stereocenters. The fourth-order valence-electron chi connectivity index (χ4n) is 6.07. The first kappa shape index (κ1) is 22.1. The molecule has 2 aliphatic carbocycles. The normalized spacial score (nSPS) is 53.8. The average molecular weight is 428 g/mol. The van der Waals surface area contributed by atoms with Gasteiger partial charge in [-0.05, 0) is 18.8 Å². The Morgan fingerprint density at radius 3 is 2.57 bits per heavy atom. The molecule has 4 rings (SSSR count). The van der Waals surface area contributed by atoms with Crippen LogP contribution in [0.2, 0.25) is 0 Å². The molecule has 2 aliphatic heterocycles. The smallest absolute Gasteiger partial charge is 0.334 e. The van der Waals surface area contributed by atoms with E-state index in [1.165, 1.54) is 0 Å². The molecule has 0 aromatic heterocycles. The van der Waals surface area contributed by atoms with Crippen LogP contribution in [0, 0.1) is 23.2 Å².